The van der Waals surface area contributed by atoms with Crippen LogP contribution in [0.3, 0.4) is 0 Å². The molecule has 0 unspecified atom stereocenters. The number of anilines is 1. The monoisotopic (exact) mass is 178 g/mol. The molecule has 6 heteroatoms. The molecule has 0 saturated heterocycles. The van der Waals surface area contributed by atoms with Crippen LogP contribution in [0.25, 0.3) is 0 Å². The Kier molecular flexibility index (Phi) is 2.07. The Morgan fingerprint density at radius 1 is 1.50 bits per heavy atom. The van der Waals surface area contributed by atoms with Crippen LogP contribution in [0.2, 0.25) is 0 Å². The standard InChI is InChI=1S/C6H5F3N2O/c7-2-1-3(12)11-6(10)4(2)5(8)9/h1,5H,(H3,10,11,12). The van der Waals surface area contributed by atoms with Crippen LogP contribution in [-0.2, 0) is 0 Å². The van der Waals surface area contributed by atoms with E-state index in [9.17, 15) is 18.0 Å². The highest BCUT2D eigenvalue weighted by Crippen LogP contribution is 2.24. The number of nitrogen functional groups attached to an aromatic ring is 1. The highest BCUT2D eigenvalue weighted by atomic mass is 19.3. The van der Waals surface area contributed by atoms with Crippen molar-refractivity contribution in [3.63, 3.8) is 0 Å². The predicted molar refractivity (Wildman–Crippen MR) is 36.4 cm³/mol. The van der Waals surface area contributed by atoms with Crippen molar-refractivity contribution in [2.24, 2.45) is 0 Å². The van der Waals surface area contributed by atoms with Gasteiger partial charge in [-0.15, -0.1) is 0 Å². The predicted octanol–water partition coefficient (Wildman–Crippen LogP) is 1.03. The van der Waals surface area contributed by atoms with Gasteiger partial charge in [0.05, 0.1) is 5.56 Å². The molecule has 1 aromatic rings. The maximum absolute atomic E-state index is 12.6. The molecule has 0 aliphatic carbocycles. The molecular formula is C6H5F3N2O. The average molecular weight is 178 g/mol. The molecule has 1 rings (SSSR count). The lowest BCUT2D eigenvalue weighted by Gasteiger charge is -2.03. The van der Waals surface area contributed by atoms with Gasteiger partial charge in [0.15, 0.2) is 0 Å². The van der Waals surface area contributed by atoms with Crippen LogP contribution in [0.1, 0.15) is 12.0 Å². The fraction of sp³-hybridized carbons (Fsp3) is 0.167. The smallest absolute Gasteiger partial charge is 0.270 e. The molecule has 66 valence electrons. The van der Waals surface area contributed by atoms with E-state index >= 15 is 0 Å². The normalized spacial score (nSPS) is 10.7. The zero-order valence-electron chi connectivity index (χ0n) is 5.77. The molecule has 0 bridgehead atoms. The molecule has 12 heavy (non-hydrogen) atoms. The second-order valence-electron chi connectivity index (χ2n) is 2.11. The average Bonchev–Trinajstić information content (AvgIpc) is 1.82. The Morgan fingerprint density at radius 2 is 2.08 bits per heavy atom. The van der Waals surface area contributed by atoms with Crippen LogP contribution in [0.5, 0.6) is 0 Å². The van der Waals surface area contributed by atoms with Crippen molar-refractivity contribution in [1.82, 2.24) is 4.98 Å². The molecule has 0 atom stereocenters. The van der Waals surface area contributed by atoms with E-state index in [2.05, 4.69) is 0 Å². The van der Waals surface area contributed by atoms with Gasteiger partial charge in [0, 0.05) is 6.07 Å². The third kappa shape index (κ3) is 1.41. The largest absolute Gasteiger partial charge is 0.385 e. The summed E-state index contributed by atoms with van der Waals surface area (Å²) in [7, 11) is 0. The van der Waals surface area contributed by atoms with Crippen molar-refractivity contribution >= 4 is 5.82 Å². The molecule has 0 saturated carbocycles. The summed E-state index contributed by atoms with van der Waals surface area (Å²) in [5.41, 5.74) is 3.15. The van der Waals surface area contributed by atoms with Gasteiger partial charge in [0.25, 0.3) is 12.0 Å². The number of hydrogen-bond acceptors (Lipinski definition) is 2. The van der Waals surface area contributed by atoms with Crippen LogP contribution in [0.4, 0.5) is 19.0 Å². The Labute approximate surface area is 65.0 Å². The second-order valence-corrected chi connectivity index (χ2v) is 2.11. The topological polar surface area (TPSA) is 58.9 Å². The number of aromatic amines is 1. The van der Waals surface area contributed by atoms with Gasteiger partial charge in [0.2, 0.25) is 0 Å². The van der Waals surface area contributed by atoms with Gasteiger partial charge in [-0.05, 0) is 0 Å². The molecule has 0 spiro atoms. The molecule has 0 aliphatic heterocycles. The lowest BCUT2D eigenvalue weighted by molar-refractivity contribution is 0.147. The van der Waals surface area contributed by atoms with Gasteiger partial charge in [-0.2, -0.15) is 0 Å². The quantitative estimate of drug-likeness (QED) is 0.674. The summed E-state index contributed by atoms with van der Waals surface area (Å²) in [5.74, 6) is -1.92. The minimum Gasteiger partial charge on any atom is -0.385 e. The fourth-order valence-electron chi connectivity index (χ4n) is 0.779. The summed E-state index contributed by atoms with van der Waals surface area (Å²) in [4.78, 5) is 12.3. The zero-order valence-corrected chi connectivity index (χ0v) is 5.77. The second kappa shape index (κ2) is 2.88. The van der Waals surface area contributed by atoms with Crippen LogP contribution in [0.15, 0.2) is 10.9 Å². The van der Waals surface area contributed by atoms with Crippen LogP contribution in [0, 0.1) is 5.82 Å². The minimum atomic E-state index is -3.03. The summed E-state index contributed by atoms with van der Waals surface area (Å²) < 4.78 is 36.5. The number of nitrogens with one attached hydrogen (secondary N) is 1. The van der Waals surface area contributed by atoms with E-state index in [1.165, 1.54) is 0 Å². The van der Waals surface area contributed by atoms with Crippen molar-refractivity contribution in [2.45, 2.75) is 6.43 Å². The number of halogens is 3. The van der Waals surface area contributed by atoms with E-state index in [-0.39, 0.29) is 0 Å². The molecule has 0 aromatic carbocycles. The third-order valence-electron chi connectivity index (χ3n) is 1.28. The molecular weight excluding hydrogens is 173 g/mol. The fourth-order valence-corrected chi connectivity index (χ4v) is 0.779. The maximum atomic E-state index is 12.6. The molecule has 0 radical (unpaired) electrons. The molecule has 0 aliphatic rings. The van der Waals surface area contributed by atoms with Gasteiger partial charge in [0.1, 0.15) is 11.6 Å². The molecule has 0 fully saturated rings. The first-order valence-electron chi connectivity index (χ1n) is 2.98. The minimum absolute atomic E-state index is 0.428. The van der Waals surface area contributed by atoms with E-state index in [0.29, 0.717) is 6.07 Å². The lowest BCUT2D eigenvalue weighted by Crippen LogP contribution is -2.12. The van der Waals surface area contributed by atoms with E-state index in [0.717, 1.165) is 0 Å². The number of H-pyrrole nitrogens is 1. The first kappa shape index (κ1) is 8.63. The highest BCUT2D eigenvalue weighted by molar-refractivity contribution is 5.40. The lowest BCUT2D eigenvalue weighted by atomic mass is 10.2. The number of alkyl halides is 2. The Balaban J connectivity index is 3.38. The SMILES string of the molecule is Nc1[nH]c(=O)cc(F)c1C(F)F. The number of hydrogen-bond donors (Lipinski definition) is 2. The van der Waals surface area contributed by atoms with Crippen molar-refractivity contribution in [3.05, 3.63) is 27.8 Å². The zero-order chi connectivity index (χ0) is 9.30. The molecule has 3 N–H and O–H groups in total. The first-order valence-corrected chi connectivity index (χ1v) is 2.98. The van der Waals surface area contributed by atoms with Crippen molar-refractivity contribution in [2.75, 3.05) is 5.73 Å². The number of pyridine rings is 1. The van der Waals surface area contributed by atoms with Gasteiger partial charge in [-0.25, -0.2) is 13.2 Å². The Bertz CT molecular complexity index is 321. The van der Waals surface area contributed by atoms with Crippen molar-refractivity contribution < 1.29 is 13.2 Å². The first-order chi connectivity index (χ1) is 5.52. The Hall–Kier alpha value is -1.46. The molecule has 1 aromatic heterocycles. The number of aromatic nitrogens is 1. The summed E-state index contributed by atoms with van der Waals surface area (Å²) in [6, 6.07) is 0.428. The number of rotatable bonds is 1. The van der Waals surface area contributed by atoms with E-state index < -0.39 is 29.2 Å². The number of nitrogens with two attached hydrogens (primary N) is 1. The maximum Gasteiger partial charge on any atom is 0.270 e. The summed E-state index contributed by atoms with van der Waals surface area (Å²) in [6.45, 7) is 0. The third-order valence-corrected chi connectivity index (χ3v) is 1.28. The van der Waals surface area contributed by atoms with E-state index in [1.807, 2.05) is 4.98 Å². The van der Waals surface area contributed by atoms with E-state index in [4.69, 9.17) is 5.73 Å². The van der Waals surface area contributed by atoms with Crippen molar-refractivity contribution in [1.29, 1.82) is 0 Å². The molecule has 1 heterocycles. The summed E-state index contributed by atoms with van der Waals surface area (Å²) in [6.07, 6.45) is -3.03. The summed E-state index contributed by atoms with van der Waals surface area (Å²) in [5, 5.41) is 0. The highest BCUT2D eigenvalue weighted by Gasteiger charge is 2.17. The van der Waals surface area contributed by atoms with Gasteiger partial charge in [-0.3, -0.25) is 4.79 Å². The van der Waals surface area contributed by atoms with Crippen LogP contribution >= 0.6 is 0 Å². The van der Waals surface area contributed by atoms with Gasteiger partial charge >= 0.3 is 0 Å². The Morgan fingerprint density at radius 3 is 2.50 bits per heavy atom. The van der Waals surface area contributed by atoms with E-state index in [1.54, 1.807) is 0 Å². The van der Waals surface area contributed by atoms with Crippen molar-refractivity contribution in [3.8, 4) is 0 Å². The summed E-state index contributed by atoms with van der Waals surface area (Å²) >= 11 is 0. The van der Waals surface area contributed by atoms with Gasteiger partial charge in [-0.1, -0.05) is 0 Å². The molecule has 0 amide bonds. The van der Waals surface area contributed by atoms with Crippen LogP contribution in [-0.4, -0.2) is 4.98 Å². The van der Waals surface area contributed by atoms with Crippen LogP contribution < -0.4 is 11.3 Å². The van der Waals surface area contributed by atoms with Gasteiger partial charge < -0.3 is 10.7 Å². The molecule has 3 nitrogen and oxygen atoms in total.